The summed E-state index contributed by atoms with van der Waals surface area (Å²) < 4.78 is 6.38. The van der Waals surface area contributed by atoms with E-state index < -0.39 is 12.0 Å². The number of hydrogen-bond donors (Lipinski definition) is 2. The van der Waals surface area contributed by atoms with E-state index in [0.717, 1.165) is 11.3 Å². The molecule has 0 saturated heterocycles. The minimum absolute atomic E-state index is 0.0325. The highest BCUT2D eigenvalue weighted by molar-refractivity contribution is 5.79. The van der Waals surface area contributed by atoms with E-state index in [4.69, 9.17) is 5.73 Å². The van der Waals surface area contributed by atoms with Gasteiger partial charge in [-0.1, -0.05) is 12.1 Å². The summed E-state index contributed by atoms with van der Waals surface area (Å²) in [6.45, 7) is -0.142. The van der Waals surface area contributed by atoms with Gasteiger partial charge in [0.2, 0.25) is 5.91 Å². The monoisotopic (exact) mass is 302 g/mol. The molecule has 7 heteroatoms. The second kappa shape index (κ2) is 7.37. The van der Waals surface area contributed by atoms with E-state index in [1.807, 2.05) is 36.5 Å². The molecule has 7 nitrogen and oxygen atoms in total. The summed E-state index contributed by atoms with van der Waals surface area (Å²) in [5.74, 6) is -0.745. The van der Waals surface area contributed by atoms with Gasteiger partial charge in [0.15, 0.2) is 0 Å². The molecule has 0 radical (unpaired) electrons. The van der Waals surface area contributed by atoms with Crippen LogP contribution in [0.5, 0.6) is 0 Å². The Bertz CT molecular complexity index is 622. The molecular weight excluding hydrogens is 284 g/mol. The van der Waals surface area contributed by atoms with Crippen molar-refractivity contribution in [2.24, 2.45) is 5.73 Å². The molecule has 1 aromatic carbocycles. The van der Waals surface area contributed by atoms with Crippen LogP contribution in [0.2, 0.25) is 0 Å². The van der Waals surface area contributed by atoms with Crippen molar-refractivity contribution in [3.8, 4) is 5.69 Å². The van der Waals surface area contributed by atoms with Crippen LogP contribution >= 0.6 is 0 Å². The number of nitrogens with two attached hydrogens (primary N) is 1. The molecule has 0 aliphatic rings. The lowest BCUT2D eigenvalue weighted by Gasteiger charge is -2.18. The van der Waals surface area contributed by atoms with Gasteiger partial charge in [0.25, 0.3) is 0 Å². The van der Waals surface area contributed by atoms with E-state index in [1.54, 1.807) is 10.9 Å². The number of amides is 1. The van der Waals surface area contributed by atoms with Crippen molar-refractivity contribution < 1.29 is 14.3 Å². The van der Waals surface area contributed by atoms with Gasteiger partial charge in [-0.3, -0.25) is 9.59 Å². The van der Waals surface area contributed by atoms with Crippen molar-refractivity contribution in [2.75, 3.05) is 13.7 Å². The highest BCUT2D eigenvalue weighted by Crippen LogP contribution is 2.20. The molecule has 0 saturated carbocycles. The largest absolute Gasteiger partial charge is 0.469 e. The molecule has 3 N–H and O–H groups in total. The Kier molecular flexibility index (Phi) is 5.26. The van der Waals surface area contributed by atoms with Crippen molar-refractivity contribution in [3.63, 3.8) is 0 Å². The van der Waals surface area contributed by atoms with Crippen LogP contribution in [0.25, 0.3) is 5.69 Å². The molecule has 0 spiro atoms. The highest BCUT2D eigenvalue weighted by Gasteiger charge is 2.19. The zero-order valence-electron chi connectivity index (χ0n) is 12.2. The maximum Gasteiger partial charge on any atom is 0.307 e. The number of carbonyl (C=O) groups excluding carboxylic acids is 2. The molecule has 0 aliphatic carbocycles. The van der Waals surface area contributed by atoms with Crippen LogP contribution in [-0.4, -0.2) is 35.3 Å². The number of ether oxygens (including phenoxy) is 1. The number of nitrogens with one attached hydrogen (secondary N) is 1. The summed E-state index contributed by atoms with van der Waals surface area (Å²) in [4.78, 5) is 23.1. The molecule has 0 unspecified atom stereocenters. The summed E-state index contributed by atoms with van der Waals surface area (Å²) in [7, 11) is 1.31. The van der Waals surface area contributed by atoms with Crippen LogP contribution in [0.3, 0.4) is 0 Å². The number of rotatable bonds is 6. The average Bonchev–Trinajstić information content (AvgIpc) is 3.08. The molecule has 1 heterocycles. The van der Waals surface area contributed by atoms with Gasteiger partial charge in [-0.05, 0) is 23.8 Å². The third-order valence-corrected chi connectivity index (χ3v) is 3.16. The van der Waals surface area contributed by atoms with Crippen LogP contribution in [0.15, 0.2) is 42.7 Å². The molecule has 116 valence electrons. The van der Waals surface area contributed by atoms with Gasteiger partial charge in [-0.2, -0.15) is 5.10 Å². The van der Waals surface area contributed by atoms with E-state index in [0.29, 0.717) is 0 Å². The molecule has 2 rings (SSSR count). The summed E-state index contributed by atoms with van der Waals surface area (Å²) in [5.41, 5.74) is 6.94. The second-order valence-corrected chi connectivity index (χ2v) is 4.65. The van der Waals surface area contributed by atoms with Crippen molar-refractivity contribution in [2.45, 2.75) is 12.5 Å². The van der Waals surface area contributed by atoms with E-state index in [1.165, 1.54) is 7.11 Å². The van der Waals surface area contributed by atoms with Crippen molar-refractivity contribution in [1.82, 2.24) is 15.1 Å². The molecule has 1 amide bonds. The van der Waals surface area contributed by atoms with Gasteiger partial charge in [0, 0.05) is 12.4 Å². The number of esters is 1. The predicted molar refractivity (Wildman–Crippen MR) is 80.1 cm³/mol. The number of carbonyl (C=O) groups is 2. The minimum Gasteiger partial charge on any atom is -0.469 e. The van der Waals surface area contributed by atoms with Gasteiger partial charge in [-0.25, -0.2) is 4.68 Å². The Morgan fingerprint density at radius 3 is 2.86 bits per heavy atom. The quantitative estimate of drug-likeness (QED) is 0.759. The Morgan fingerprint density at radius 1 is 1.41 bits per heavy atom. The minimum atomic E-state index is -0.501. The maximum atomic E-state index is 11.6. The van der Waals surface area contributed by atoms with Gasteiger partial charge in [-0.15, -0.1) is 0 Å². The van der Waals surface area contributed by atoms with Gasteiger partial charge >= 0.3 is 5.97 Å². The van der Waals surface area contributed by atoms with E-state index in [2.05, 4.69) is 15.2 Å². The third kappa shape index (κ3) is 3.92. The van der Waals surface area contributed by atoms with Crippen LogP contribution in [0, 0.1) is 0 Å². The molecule has 2 aromatic rings. The molecule has 0 fully saturated rings. The second-order valence-electron chi connectivity index (χ2n) is 4.65. The van der Waals surface area contributed by atoms with Crippen LogP contribution in [0.1, 0.15) is 18.0 Å². The molecule has 22 heavy (non-hydrogen) atoms. The van der Waals surface area contributed by atoms with Gasteiger partial charge in [0.1, 0.15) is 0 Å². The van der Waals surface area contributed by atoms with E-state index >= 15 is 0 Å². The van der Waals surface area contributed by atoms with Crippen molar-refractivity contribution in [1.29, 1.82) is 0 Å². The lowest BCUT2D eigenvalue weighted by molar-refractivity contribution is -0.141. The molecule has 0 aliphatic heterocycles. The summed E-state index contributed by atoms with van der Waals surface area (Å²) >= 11 is 0. The Hall–Kier alpha value is -2.67. The Morgan fingerprint density at radius 2 is 2.23 bits per heavy atom. The standard InChI is InChI=1S/C15H18N4O3/c1-22-15(21)9-13(18-14(20)10-16)11-4-2-5-12(8-11)19-7-3-6-17-19/h2-8,13H,9-10,16H2,1H3,(H,18,20)/t13-/m0/s1. The van der Waals surface area contributed by atoms with Crippen LogP contribution in [-0.2, 0) is 14.3 Å². The van der Waals surface area contributed by atoms with E-state index in [-0.39, 0.29) is 18.9 Å². The summed E-state index contributed by atoms with van der Waals surface area (Å²) in [6, 6.07) is 8.73. The first kappa shape index (κ1) is 15.7. The predicted octanol–water partition coefficient (Wildman–Crippen LogP) is 0.551. The fourth-order valence-corrected chi connectivity index (χ4v) is 2.06. The first-order chi connectivity index (χ1) is 10.6. The Labute approximate surface area is 128 Å². The highest BCUT2D eigenvalue weighted by atomic mass is 16.5. The van der Waals surface area contributed by atoms with Crippen molar-refractivity contribution in [3.05, 3.63) is 48.3 Å². The number of aromatic nitrogens is 2. The lowest BCUT2D eigenvalue weighted by Crippen LogP contribution is -2.35. The molecule has 1 atom stereocenters. The number of nitrogens with zero attached hydrogens (tertiary/aromatic N) is 2. The number of methoxy groups -OCH3 is 1. The SMILES string of the molecule is COC(=O)C[C@H](NC(=O)CN)c1cccc(-n2cccn2)c1. The number of benzene rings is 1. The smallest absolute Gasteiger partial charge is 0.307 e. The molecular formula is C15H18N4O3. The first-order valence-electron chi connectivity index (χ1n) is 6.80. The fourth-order valence-electron chi connectivity index (χ4n) is 2.06. The lowest BCUT2D eigenvalue weighted by atomic mass is 10.0. The third-order valence-electron chi connectivity index (χ3n) is 3.16. The van der Waals surface area contributed by atoms with Gasteiger partial charge in [0.05, 0.1) is 31.8 Å². The van der Waals surface area contributed by atoms with Gasteiger partial charge < -0.3 is 15.8 Å². The van der Waals surface area contributed by atoms with Crippen LogP contribution < -0.4 is 11.1 Å². The zero-order valence-corrected chi connectivity index (χ0v) is 12.2. The summed E-state index contributed by atoms with van der Waals surface area (Å²) in [5, 5.41) is 6.89. The summed E-state index contributed by atoms with van der Waals surface area (Å²) in [6.07, 6.45) is 3.52. The normalized spacial score (nSPS) is 11.7. The topological polar surface area (TPSA) is 99.2 Å². The van der Waals surface area contributed by atoms with E-state index in [9.17, 15) is 9.59 Å². The maximum absolute atomic E-state index is 11.6. The molecule has 1 aromatic heterocycles. The van der Waals surface area contributed by atoms with Crippen LogP contribution in [0.4, 0.5) is 0 Å². The molecule has 0 bridgehead atoms. The first-order valence-corrected chi connectivity index (χ1v) is 6.80. The van der Waals surface area contributed by atoms with Crippen molar-refractivity contribution >= 4 is 11.9 Å². The fraction of sp³-hybridized carbons (Fsp3) is 0.267. The Balaban J connectivity index is 2.28. The zero-order chi connectivity index (χ0) is 15.9. The average molecular weight is 302 g/mol. The number of hydrogen-bond acceptors (Lipinski definition) is 5.